The van der Waals surface area contributed by atoms with Gasteiger partial charge < -0.3 is 14.5 Å². The number of aromatic nitrogens is 2. The van der Waals surface area contributed by atoms with Crippen LogP contribution in [0.2, 0.25) is 0 Å². The van der Waals surface area contributed by atoms with Gasteiger partial charge in [0, 0.05) is 42.7 Å². The van der Waals surface area contributed by atoms with Crippen molar-refractivity contribution >= 4 is 51.0 Å². The van der Waals surface area contributed by atoms with Crippen molar-refractivity contribution in [2.45, 2.75) is 18.5 Å². The second-order valence-corrected chi connectivity index (χ2v) is 9.47. The van der Waals surface area contributed by atoms with Gasteiger partial charge in [-0.25, -0.2) is 18.7 Å². The highest BCUT2D eigenvalue weighted by atomic mass is 32.2. The molecule has 7 nitrogen and oxygen atoms in total. The molecule has 0 aliphatic carbocycles. The van der Waals surface area contributed by atoms with E-state index in [0.717, 1.165) is 40.7 Å². The van der Waals surface area contributed by atoms with E-state index in [1.807, 2.05) is 0 Å². The van der Waals surface area contributed by atoms with E-state index in [9.17, 15) is 18.4 Å². The molecule has 3 heterocycles. The molecule has 0 spiro atoms. The molecule has 0 bridgehead atoms. The van der Waals surface area contributed by atoms with Gasteiger partial charge >= 0.3 is 5.97 Å². The van der Waals surface area contributed by atoms with E-state index in [1.165, 1.54) is 23.7 Å². The number of thiophene rings is 1. The number of halogens is 2. The first-order chi connectivity index (χ1) is 15.9. The van der Waals surface area contributed by atoms with Gasteiger partial charge in [0.05, 0.1) is 18.2 Å². The number of methoxy groups -OCH3 is 1. The number of fused-ring (bicyclic) bond motifs is 1. The van der Waals surface area contributed by atoms with E-state index < -0.39 is 17.5 Å². The minimum Gasteiger partial charge on any atom is -0.468 e. The lowest BCUT2D eigenvalue weighted by atomic mass is 10.1. The van der Waals surface area contributed by atoms with Crippen LogP contribution in [0.1, 0.15) is 22.2 Å². The van der Waals surface area contributed by atoms with Crippen LogP contribution in [-0.4, -0.2) is 65.8 Å². The second kappa shape index (κ2) is 10.0. The van der Waals surface area contributed by atoms with Crippen molar-refractivity contribution in [2.24, 2.45) is 0 Å². The highest BCUT2D eigenvalue weighted by molar-refractivity contribution is 7.99. The Hall–Kier alpha value is -2.79. The Morgan fingerprint density at radius 2 is 1.79 bits per heavy atom. The highest BCUT2D eigenvalue weighted by Gasteiger charge is 2.26. The standard InChI is InChI=1S/C22H22F2N4O3S2/c1-3-16-11-17-19(25-22(26-20(17)33-16)32-12-18(29)31-2)27-4-6-28(7-5-27)21(30)13-8-14(23)10-15(24)9-13/h8-11H,3-7,12H2,1-2H3. The molecule has 0 saturated carbocycles. The summed E-state index contributed by atoms with van der Waals surface area (Å²) in [7, 11) is 1.34. The summed E-state index contributed by atoms with van der Waals surface area (Å²) in [4.78, 5) is 39.3. The lowest BCUT2D eigenvalue weighted by Gasteiger charge is -2.35. The third-order valence-corrected chi connectivity index (χ3v) is 7.27. The third-order valence-electron chi connectivity index (χ3n) is 5.27. The van der Waals surface area contributed by atoms with Crippen LogP contribution < -0.4 is 4.90 Å². The molecule has 0 radical (unpaired) electrons. The number of ether oxygens (including phenoxy) is 1. The molecule has 1 saturated heterocycles. The van der Waals surface area contributed by atoms with Gasteiger partial charge in [-0.05, 0) is 24.6 Å². The number of carbonyl (C=O) groups is 2. The van der Waals surface area contributed by atoms with E-state index in [0.29, 0.717) is 31.3 Å². The molecule has 174 valence electrons. The number of hydrogen-bond donors (Lipinski definition) is 0. The normalized spacial score (nSPS) is 14.1. The van der Waals surface area contributed by atoms with Crippen molar-refractivity contribution in [3.8, 4) is 0 Å². The zero-order valence-corrected chi connectivity index (χ0v) is 19.8. The number of benzene rings is 1. The smallest absolute Gasteiger partial charge is 0.316 e. The maximum atomic E-state index is 13.5. The number of amides is 1. The molecule has 1 fully saturated rings. The fourth-order valence-corrected chi connectivity index (χ4v) is 5.27. The monoisotopic (exact) mass is 492 g/mol. The molecule has 0 N–H and O–H groups in total. The fraction of sp³-hybridized carbons (Fsp3) is 0.364. The maximum absolute atomic E-state index is 13.5. The molecule has 1 aromatic carbocycles. The van der Waals surface area contributed by atoms with E-state index in [1.54, 1.807) is 16.2 Å². The molecule has 0 atom stereocenters. The summed E-state index contributed by atoms with van der Waals surface area (Å²) < 4.78 is 31.8. The molecular formula is C22H22F2N4O3S2. The average Bonchev–Trinajstić information content (AvgIpc) is 3.24. The summed E-state index contributed by atoms with van der Waals surface area (Å²) in [6.45, 7) is 3.86. The van der Waals surface area contributed by atoms with Crippen LogP contribution in [0.15, 0.2) is 29.4 Å². The summed E-state index contributed by atoms with van der Waals surface area (Å²) in [5.74, 6) is -1.44. The fourth-order valence-electron chi connectivity index (χ4n) is 3.58. The molecule has 3 aromatic rings. The lowest BCUT2D eigenvalue weighted by Crippen LogP contribution is -2.49. The Balaban J connectivity index is 1.54. The van der Waals surface area contributed by atoms with Gasteiger partial charge in [-0.2, -0.15) is 0 Å². The molecular weight excluding hydrogens is 470 g/mol. The van der Waals surface area contributed by atoms with Crippen LogP contribution in [-0.2, 0) is 16.0 Å². The summed E-state index contributed by atoms with van der Waals surface area (Å²) in [6.07, 6.45) is 0.873. The van der Waals surface area contributed by atoms with Gasteiger partial charge in [0.15, 0.2) is 5.16 Å². The van der Waals surface area contributed by atoms with Gasteiger partial charge in [0.25, 0.3) is 5.91 Å². The lowest BCUT2D eigenvalue weighted by molar-refractivity contribution is -0.137. The predicted molar refractivity (Wildman–Crippen MR) is 124 cm³/mol. The first kappa shape index (κ1) is 23.4. The number of hydrogen-bond acceptors (Lipinski definition) is 8. The van der Waals surface area contributed by atoms with E-state index in [4.69, 9.17) is 9.72 Å². The van der Waals surface area contributed by atoms with Gasteiger partial charge in [0.1, 0.15) is 22.3 Å². The number of esters is 1. The molecule has 2 aromatic heterocycles. The molecule has 4 rings (SSSR count). The van der Waals surface area contributed by atoms with Gasteiger partial charge in [-0.3, -0.25) is 9.59 Å². The number of carbonyl (C=O) groups excluding carboxylic acids is 2. The number of rotatable bonds is 6. The van der Waals surface area contributed by atoms with E-state index >= 15 is 0 Å². The van der Waals surface area contributed by atoms with Gasteiger partial charge in [0.2, 0.25) is 0 Å². The Bertz CT molecular complexity index is 1180. The molecule has 1 amide bonds. The van der Waals surface area contributed by atoms with Crippen LogP contribution in [0.5, 0.6) is 0 Å². The van der Waals surface area contributed by atoms with Crippen LogP contribution in [0.4, 0.5) is 14.6 Å². The van der Waals surface area contributed by atoms with Gasteiger partial charge in [-0.1, -0.05) is 18.7 Å². The van der Waals surface area contributed by atoms with Crippen molar-refractivity contribution in [3.05, 3.63) is 46.3 Å². The molecule has 33 heavy (non-hydrogen) atoms. The zero-order chi connectivity index (χ0) is 23.5. The maximum Gasteiger partial charge on any atom is 0.316 e. The average molecular weight is 493 g/mol. The summed E-state index contributed by atoms with van der Waals surface area (Å²) >= 11 is 2.81. The first-order valence-corrected chi connectivity index (χ1v) is 12.2. The molecule has 1 aliphatic heterocycles. The molecule has 11 heteroatoms. The van der Waals surface area contributed by atoms with Gasteiger partial charge in [-0.15, -0.1) is 11.3 Å². The van der Waals surface area contributed by atoms with Crippen LogP contribution >= 0.6 is 23.1 Å². The highest BCUT2D eigenvalue weighted by Crippen LogP contribution is 2.34. The Morgan fingerprint density at radius 1 is 1.09 bits per heavy atom. The summed E-state index contributed by atoms with van der Waals surface area (Å²) in [6, 6.07) is 4.93. The van der Waals surface area contributed by atoms with Crippen molar-refractivity contribution in [3.63, 3.8) is 0 Å². The number of aryl methyl sites for hydroxylation is 1. The minimum atomic E-state index is -0.776. The van der Waals surface area contributed by atoms with Crippen molar-refractivity contribution in [2.75, 3.05) is 43.9 Å². The Morgan fingerprint density at radius 3 is 2.42 bits per heavy atom. The van der Waals surface area contributed by atoms with Crippen molar-refractivity contribution in [1.29, 1.82) is 0 Å². The summed E-state index contributed by atoms with van der Waals surface area (Å²) in [5, 5.41) is 1.42. The molecule has 1 aliphatic rings. The van der Waals surface area contributed by atoms with Crippen LogP contribution in [0.3, 0.4) is 0 Å². The first-order valence-electron chi connectivity index (χ1n) is 10.4. The topological polar surface area (TPSA) is 75.6 Å². The Labute approximate surface area is 197 Å². The van der Waals surface area contributed by atoms with Crippen molar-refractivity contribution in [1.82, 2.24) is 14.9 Å². The van der Waals surface area contributed by atoms with Crippen LogP contribution in [0, 0.1) is 11.6 Å². The number of nitrogens with zero attached hydrogens (tertiary/aromatic N) is 4. The van der Waals surface area contributed by atoms with E-state index in [2.05, 4.69) is 22.9 Å². The number of piperazine rings is 1. The number of thioether (sulfide) groups is 1. The quantitative estimate of drug-likeness (QED) is 0.295. The molecule has 0 unspecified atom stereocenters. The largest absolute Gasteiger partial charge is 0.468 e. The van der Waals surface area contributed by atoms with Crippen LogP contribution in [0.25, 0.3) is 10.2 Å². The number of anilines is 1. The predicted octanol–water partition coefficient (Wildman–Crippen LogP) is 3.76. The SMILES string of the molecule is CCc1cc2c(N3CCN(C(=O)c4cc(F)cc(F)c4)CC3)nc(SCC(=O)OC)nc2s1. The summed E-state index contributed by atoms with van der Waals surface area (Å²) in [5.41, 5.74) is -0.00250. The minimum absolute atomic E-state index is 0.00250. The Kier molecular flexibility index (Phi) is 7.08. The zero-order valence-electron chi connectivity index (χ0n) is 18.1. The second-order valence-electron chi connectivity index (χ2n) is 7.42. The third kappa shape index (κ3) is 5.25. The van der Waals surface area contributed by atoms with Crippen molar-refractivity contribution < 1.29 is 23.1 Å². The van der Waals surface area contributed by atoms with E-state index in [-0.39, 0.29) is 17.3 Å².